The van der Waals surface area contributed by atoms with E-state index in [9.17, 15) is 4.79 Å². The maximum absolute atomic E-state index is 12.9. The van der Waals surface area contributed by atoms with Gasteiger partial charge >= 0.3 is 0 Å². The molecule has 2 aliphatic heterocycles. The predicted octanol–water partition coefficient (Wildman–Crippen LogP) is 1.89. The summed E-state index contributed by atoms with van der Waals surface area (Å²) in [6.07, 6.45) is 1.69. The van der Waals surface area contributed by atoms with E-state index in [1.807, 2.05) is 6.07 Å². The third-order valence-corrected chi connectivity index (χ3v) is 5.65. The highest BCUT2D eigenvalue weighted by molar-refractivity contribution is 5.94. The van der Waals surface area contributed by atoms with Crippen molar-refractivity contribution in [3.8, 4) is 0 Å². The highest BCUT2D eigenvalue weighted by atomic mass is 35.5. The van der Waals surface area contributed by atoms with Gasteiger partial charge in [0.25, 0.3) is 5.91 Å². The van der Waals surface area contributed by atoms with Crippen molar-refractivity contribution in [2.75, 3.05) is 26.2 Å². The number of amides is 1. The molecule has 2 unspecified atom stereocenters. The Morgan fingerprint density at radius 3 is 3.00 bits per heavy atom. The number of aromatic nitrogens is 2. The molecule has 4 rings (SSSR count). The zero-order valence-electron chi connectivity index (χ0n) is 16.8. The number of morpholine rings is 1. The second-order valence-electron chi connectivity index (χ2n) is 7.57. The molecule has 3 N–H and O–H groups in total. The van der Waals surface area contributed by atoms with Crippen molar-refractivity contribution >= 4 is 18.3 Å². The van der Waals surface area contributed by atoms with E-state index in [0.717, 1.165) is 50.3 Å². The lowest BCUT2D eigenvalue weighted by atomic mass is 10.0. The lowest BCUT2D eigenvalue weighted by molar-refractivity contribution is -0.0483. The number of rotatable bonds is 6. The Labute approximate surface area is 178 Å². The summed E-state index contributed by atoms with van der Waals surface area (Å²) in [6, 6.07) is 10.5. The lowest BCUT2D eigenvalue weighted by Crippen LogP contribution is -2.53. The molecule has 0 spiro atoms. The summed E-state index contributed by atoms with van der Waals surface area (Å²) >= 11 is 0. The van der Waals surface area contributed by atoms with Gasteiger partial charge in [0.05, 0.1) is 18.8 Å². The Morgan fingerprint density at radius 2 is 2.21 bits per heavy atom. The maximum Gasteiger partial charge on any atom is 0.272 e. The third-order valence-electron chi connectivity index (χ3n) is 5.65. The summed E-state index contributed by atoms with van der Waals surface area (Å²) in [4.78, 5) is 15.3. The molecule has 7 nitrogen and oxygen atoms in total. The number of hydrogen-bond donors (Lipinski definition) is 3. The summed E-state index contributed by atoms with van der Waals surface area (Å²) in [5, 5.41) is 13.8. The molecule has 1 amide bonds. The van der Waals surface area contributed by atoms with E-state index < -0.39 is 0 Å². The molecule has 1 aromatic carbocycles. The molecule has 0 saturated carbocycles. The number of nitrogens with one attached hydrogen (secondary N) is 3. The van der Waals surface area contributed by atoms with Crippen molar-refractivity contribution in [1.29, 1.82) is 0 Å². The molecule has 2 aromatic rings. The number of H-pyrrole nitrogens is 1. The van der Waals surface area contributed by atoms with Crippen LogP contribution in [0.4, 0.5) is 0 Å². The molecule has 8 heteroatoms. The summed E-state index contributed by atoms with van der Waals surface area (Å²) in [5.41, 5.74) is 3.88. The molecule has 2 aliphatic rings. The minimum absolute atomic E-state index is 0. The second kappa shape index (κ2) is 10.2. The van der Waals surface area contributed by atoms with Crippen LogP contribution in [-0.2, 0) is 24.2 Å². The number of fused-ring (bicyclic) bond motifs is 1. The zero-order valence-corrected chi connectivity index (χ0v) is 17.6. The van der Waals surface area contributed by atoms with E-state index in [-0.39, 0.29) is 30.5 Å². The zero-order chi connectivity index (χ0) is 19.3. The van der Waals surface area contributed by atoms with E-state index in [2.05, 4.69) is 56.9 Å². The number of aromatic amines is 1. The highest BCUT2D eigenvalue weighted by Crippen LogP contribution is 2.18. The fraction of sp³-hybridized carbons (Fsp3) is 0.524. The molecule has 0 aliphatic carbocycles. The van der Waals surface area contributed by atoms with Crippen molar-refractivity contribution in [1.82, 2.24) is 25.7 Å². The van der Waals surface area contributed by atoms with Crippen molar-refractivity contribution < 1.29 is 9.53 Å². The van der Waals surface area contributed by atoms with Gasteiger partial charge in [-0.1, -0.05) is 37.3 Å². The maximum atomic E-state index is 12.9. The first-order valence-corrected chi connectivity index (χ1v) is 10.2. The molecule has 1 aromatic heterocycles. The van der Waals surface area contributed by atoms with E-state index >= 15 is 0 Å². The number of ether oxygens (including phenoxy) is 1. The molecule has 0 radical (unpaired) electrons. The standard InChI is InChI=1S/C21H29N5O2.ClH/c1-2-17(23-21(27)20-16-12-22-9-8-18(16)24-25-20)19-14-26(10-11-28-19)13-15-6-4-3-5-7-15;/h3-7,17,19,22H,2,8-14H2,1H3,(H,23,27)(H,24,25);1H. The SMILES string of the molecule is CCC(NC(=O)c1n[nH]c2c1CNCC2)C1CN(Cc2ccccc2)CCO1.Cl. The van der Waals surface area contributed by atoms with Gasteiger partial charge in [-0.25, -0.2) is 0 Å². The second-order valence-corrected chi connectivity index (χ2v) is 7.57. The number of nitrogens with zero attached hydrogens (tertiary/aromatic N) is 2. The number of halogens is 1. The average molecular weight is 420 g/mol. The quantitative estimate of drug-likeness (QED) is 0.666. The van der Waals surface area contributed by atoms with Crippen molar-refractivity contribution in [3.05, 3.63) is 52.8 Å². The smallest absolute Gasteiger partial charge is 0.272 e. The van der Waals surface area contributed by atoms with E-state index in [4.69, 9.17) is 4.74 Å². The number of carbonyl (C=O) groups excluding carboxylic acids is 1. The van der Waals surface area contributed by atoms with Gasteiger partial charge in [-0.05, 0) is 12.0 Å². The van der Waals surface area contributed by atoms with Crippen LogP contribution in [0.15, 0.2) is 30.3 Å². The van der Waals surface area contributed by atoms with Gasteiger partial charge in [-0.15, -0.1) is 12.4 Å². The van der Waals surface area contributed by atoms with Gasteiger partial charge in [0, 0.05) is 50.4 Å². The average Bonchev–Trinajstić information content (AvgIpc) is 3.17. The summed E-state index contributed by atoms with van der Waals surface area (Å²) < 4.78 is 6.03. The molecular formula is C21H30ClN5O2. The van der Waals surface area contributed by atoms with Crippen LogP contribution in [-0.4, -0.2) is 59.4 Å². The van der Waals surface area contributed by atoms with Crippen LogP contribution in [0.3, 0.4) is 0 Å². The number of benzene rings is 1. The van der Waals surface area contributed by atoms with Gasteiger partial charge < -0.3 is 15.4 Å². The molecule has 1 fully saturated rings. The van der Waals surface area contributed by atoms with Crippen LogP contribution in [0.2, 0.25) is 0 Å². The minimum Gasteiger partial charge on any atom is -0.373 e. The first kappa shape index (κ1) is 21.8. The Balaban J connectivity index is 0.00000240. The van der Waals surface area contributed by atoms with Crippen LogP contribution >= 0.6 is 12.4 Å². The van der Waals surface area contributed by atoms with Crippen LogP contribution < -0.4 is 10.6 Å². The molecule has 29 heavy (non-hydrogen) atoms. The first-order chi connectivity index (χ1) is 13.7. The van der Waals surface area contributed by atoms with Crippen LogP contribution in [0, 0.1) is 0 Å². The summed E-state index contributed by atoms with van der Waals surface area (Å²) in [7, 11) is 0. The Hall–Kier alpha value is -1.93. The van der Waals surface area contributed by atoms with Gasteiger partial charge in [0.15, 0.2) is 5.69 Å². The number of hydrogen-bond acceptors (Lipinski definition) is 5. The van der Waals surface area contributed by atoms with E-state index in [0.29, 0.717) is 18.8 Å². The van der Waals surface area contributed by atoms with Crippen molar-refractivity contribution in [2.24, 2.45) is 0 Å². The molecule has 0 bridgehead atoms. The Bertz CT molecular complexity index is 798. The first-order valence-electron chi connectivity index (χ1n) is 10.2. The number of carbonyl (C=O) groups is 1. The van der Waals surface area contributed by atoms with E-state index in [1.54, 1.807) is 0 Å². The molecular weight excluding hydrogens is 390 g/mol. The Morgan fingerprint density at radius 1 is 1.38 bits per heavy atom. The molecule has 2 atom stereocenters. The van der Waals surface area contributed by atoms with Crippen LogP contribution in [0.25, 0.3) is 0 Å². The fourth-order valence-corrected chi connectivity index (χ4v) is 4.07. The molecule has 3 heterocycles. The highest BCUT2D eigenvalue weighted by Gasteiger charge is 2.30. The minimum atomic E-state index is -0.114. The molecule has 1 saturated heterocycles. The summed E-state index contributed by atoms with van der Waals surface area (Å²) in [5.74, 6) is -0.114. The van der Waals surface area contributed by atoms with E-state index in [1.165, 1.54) is 5.56 Å². The third kappa shape index (κ3) is 5.17. The van der Waals surface area contributed by atoms with Crippen LogP contribution in [0.5, 0.6) is 0 Å². The largest absolute Gasteiger partial charge is 0.373 e. The fourth-order valence-electron chi connectivity index (χ4n) is 4.07. The topological polar surface area (TPSA) is 82.3 Å². The van der Waals surface area contributed by atoms with Crippen LogP contribution in [0.1, 0.15) is 40.7 Å². The monoisotopic (exact) mass is 419 g/mol. The summed E-state index contributed by atoms with van der Waals surface area (Å²) in [6.45, 7) is 7.01. The lowest BCUT2D eigenvalue weighted by Gasteiger charge is -2.37. The predicted molar refractivity (Wildman–Crippen MR) is 114 cm³/mol. The van der Waals surface area contributed by atoms with Gasteiger partial charge in [0.2, 0.25) is 0 Å². The van der Waals surface area contributed by atoms with Gasteiger partial charge in [-0.3, -0.25) is 14.8 Å². The molecule has 158 valence electrons. The normalized spacial score (nSPS) is 20.4. The van der Waals surface area contributed by atoms with Crippen molar-refractivity contribution in [2.45, 2.75) is 45.0 Å². The Kier molecular flexibility index (Phi) is 7.66. The van der Waals surface area contributed by atoms with Crippen molar-refractivity contribution in [3.63, 3.8) is 0 Å². The van der Waals surface area contributed by atoms with Gasteiger partial charge in [0.1, 0.15) is 0 Å². The van der Waals surface area contributed by atoms with Gasteiger partial charge in [-0.2, -0.15) is 5.10 Å².